The van der Waals surface area contributed by atoms with E-state index in [1.807, 2.05) is 0 Å². The van der Waals surface area contributed by atoms with E-state index in [1.54, 1.807) is 19.0 Å². The molecule has 0 aromatic carbocycles. The van der Waals surface area contributed by atoms with Crippen LogP contribution in [0.1, 0.15) is 44.9 Å². The molecule has 2 saturated carbocycles. The Morgan fingerprint density at radius 2 is 1.59 bits per heavy atom. The molecule has 1 heterocycles. The first-order chi connectivity index (χ1) is 12.5. The summed E-state index contributed by atoms with van der Waals surface area (Å²) in [6.45, 7) is 1.72. The number of likely N-dealkylation sites (N-methyl/N-ethyl adjacent to an activating group) is 1. The van der Waals surface area contributed by atoms with E-state index in [9.17, 15) is 9.59 Å². The van der Waals surface area contributed by atoms with Crippen molar-refractivity contribution >= 4 is 41.9 Å². The van der Waals surface area contributed by atoms with E-state index >= 15 is 0 Å². The summed E-state index contributed by atoms with van der Waals surface area (Å²) in [5.41, 5.74) is 0. The third-order valence-corrected chi connectivity index (χ3v) is 5.29. The Kier molecular flexibility index (Phi) is 8.43. The quantitative estimate of drug-likeness (QED) is 0.305. The van der Waals surface area contributed by atoms with E-state index in [1.165, 1.54) is 12.8 Å². The maximum absolute atomic E-state index is 12.0. The van der Waals surface area contributed by atoms with Gasteiger partial charge < -0.3 is 25.8 Å². The first kappa shape index (κ1) is 22.0. The predicted molar refractivity (Wildman–Crippen MR) is 116 cm³/mol. The highest BCUT2D eigenvalue weighted by Gasteiger charge is 2.30. The van der Waals surface area contributed by atoms with Crippen LogP contribution in [0.5, 0.6) is 0 Å². The SMILES string of the molecule is CN(C)C(=O)CN=C(NC1CCCC1)N1CCC(NC(=O)NC2CC2)C1.I. The maximum atomic E-state index is 12.0. The molecule has 1 saturated heterocycles. The molecule has 0 aromatic heterocycles. The average Bonchev–Trinajstić information content (AvgIpc) is 3.08. The summed E-state index contributed by atoms with van der Waals surface area (Å²) in [5.74, 6) is 0.799. The number of guanidine groups is 1. The number of carbonyl (C=O) groups is 2. The molecule has 8 nitrogen and oxygen atoms in total. The van der Waals surface area contributed by atoms with Crippen molar-refractivity contribution in [1.29, 1.82) is 0 Å². The second-order valence-corrected chi connectivity index (χ2v) is 7.88. The van der Waals surface area contributed by atoms with E-state index in [0.29, 0.717) is 12.1 Å². The Morgan fingerprint density at radius 3 is 2.22 bits per heavy atom. The van der Waals surface area contributed by atoms with Crippen molar-refractivity contribution in [2.45, 2.75) is 63.1 Å². The highest BCUT2D eigenvalue weighted by Crippen LogP contribution is 2.20. The zero-order chi connectivity index (χ0) is 18.5. The highest BCUT2D eigenvalue weighted by atomic mass is 127. The smallest absolute Gasteiger partial charge is 0.315 e. The van der Waals surface area contributed by atoms with Crippen molar-refractivity contribution in [1.82, 2.24) is 25.8 Å². The van der Waals surface area contributed by atoms with Gasteiger partial charge in [0, 0.05) is 45.3 Å². The monoisotopic (exact) mass is 492 g/mol. The lowest BCUT2D eigenvalue weighted by Crippen LogP contribution is -2.48. The molecule has 1 aliphatic heterocycles. The van der Waals surface area contributed by atoms with Gasteiger partial charge in [-0.05, 0) is 32.1 Å². The Hall–Kier alpha value is -1.26. The van der Waals surface area contributed by atoms with Gasteiger partial charge in [-0.2, -0.15) is 0 Å². The normalized spacial score (nSPS) is 23.0. The number of rotatable bonds is 5. The van der Waals surface area contributed by atoms with Gasteiger partial charge in [-0.1, -0.05) is 12.8 Å². The van der Waals surface area contributed by atoms with Crippen molar-refractivity contribution in [3.05, 3.63) is 0 Å². The summed E-state index contributed by atoms with van der Waals surface area (Å²) >= 11 is 0. The molecule has 0 aromatic rings. The Labute approximate surface area is 178 Å². The molecule has 3 N–H and O–H groups in total. The number of amides is 3. The van der Waals surface area contributed by atoms with Crippen LogP contribution in [0.4, 0.5) is 4.79 Å². The molecule has 3 amide bonds. The summed E-state index contributed by atoms with van der Waals surface area (Å²) in [6.07, 6.45) is 7.86. The lowest BCUT2D eigenvalue weighted by molar-refractivity contribution is -0.127. The van der Waals surface area contributed by atoms with E-state index in [2.05, 4.69) is 25.8 Å². The maximum Gasteiger partial charge on any atom is 0.315 e. The van der Waals surface area contributed by atoms with Crippen LogP contribution in [-0.2, 0) is 4.79 Å². The summed E-state index contributed by atoms with van der Waals surface area (Å²) in [5, 5.41) is 9.58. The van der Waals surface area contributed by atoms with Gasteiger partial charge in [0.1, 0.15) is 6.54 Å². The predicted octanol–water partition coefficient (Wildman–Crippen LogP) is 1.12. The summed E-state index contributed by atoms with van der Waals surface area (Å²) in [4.78, 5) is 32.2. The second-order valence-electron chi connectivity index (χ2n) is 7.88. The van der Waals surface area contributed by atoms with Crippen molar-refractivity contribution in [2.24, 2.45) is 4.99 Å². The number of hydrogen-bond donors (Lipinski definition) is 3. The van der Waals surface area contributed by atoms with Crippen LogP contribution in [0, 0.1) is 0 Å². The number of urea groups is 1. The van der Waals surface area contributed by atoms with Crippen molar-refractivity contribution in [2.75, 3.05) is 33.7 Å². The fraction of sp³-hybridized carbons (Fsp3) is 0.833. The van der Waals surface area contributed by atoms with Crippen LogP contribution in [0.2, 0.25) is 0 Å². The number of likely N-dealkylation sites (tertiary alicyclic amines) is 1. The fourth-order valence-electron chi connectivity index (χ4n) is 3.48. The van der Waals surface area contributed by atoms with Crippen LogP contribution in [0.15, 0.2) is 4.99 Å². The molecule has 0 radical (unpaired) electrons. The third-order valence-electron chi connectivity index (χ3n) is 5.29. The second kappa shape index (κ2) is 10.3. The molecule has 154 valence electrons. The average molecular weight is 492 g/mol. The van der Waals surface area contributed by atoms with Gasteiger partial charge in [0.15, 0.2) is 5.96 Å². The first-order valence-corrected chi connectivity index (χ1v) is 9.84. The van der Waals surface area contributed by atoms with Crippen LogP contribution in [-0.4, -0.2) is 79.6 Å². The number of nitrogens with zero attached hydrogens (tertiary/aromatic N) is 3. The molecular formula is C18H33IN6O2. The van der Waals surface area contributed by atoms with Crippen molar-refractivity contribution < 1.29 is 9.59 Å². The summed E-state index contributed by atoms with van der Waals surface area (Å²) < 4.78 is 0. The standard InChI is InChI=1S/C18H32N6O2.HI/c1-23(2)16(25)11-19-17(20-13-5-3-4-6-13)24-10-9-15(12-24)22-18(26)21-14-7-8-14;/h13-15H,3-12H2,1-2H3,(H,19,20)(H2,21,22,26);1H. The molecule has 0 spiro atoms. The Bertz CT molecular complexity index is 546. The molecule has 2 aliphatic carbocycles. The van der Waals surface area contributed by atoms with Gasteiger partial charge in [-0.15, -0.1) is 24.0 Å². The topological polar surface area (TPSA) is 89.1 Å². The molecule has 0 bridgehead atoms. The van der Waals surface area contributed by atoms with Gasteiger partial charge in [-0.3, -0.25) is 4.79 Å². The Balaban J connectivity index is 0.00000261. The first-order valence-electron chi connectivity index (χ1n) is 9.84. The van der Waals surface area contributed by atoms with Crippen LogP contribution in [0.25, 0.3) is 0 Å². The number of nitrogens with one attached hydrogen (secondary N) is 3. The minimum absolute atomic E-state index is 0. The highest BCUT2D eigenvalue weighted by molar-refractivity contribution is 14.0. The zero-order valence-corrected chi connectivity index (χ0v) is 18.7. The van der Waals surface area contributed by atoms with E-state index in [-0.39, 0.29) is 48.5 Å². The summed E-state index contributed by atoms with van der Waals surface area (Å²) in [7, 11) is 3.49. The Morgan fingerprint density at radius 1 is 0.963 bits per heavy atom. The third kappa shape index (κ3) is 7.00. The van der Waals surface area contributed by atoms with Gasteiger partial charge in [0.05, 0.1) is 0 Å². The zero-order valence-electron chi connectivity index (χ0n) is 16.4. The lowest BCUT2D eigenvalue weighted by Gasteiger charge is -2.25. The minimum atomic E-state index is -0.0654. The van der Waals surface area contributed by atoms with Gasteiger partial charge in [0.25, 0.3) is 0 Å². The molecule has 1 unspecified atom stereocenters. The van der Waals surface area contributed by atoms with Crippen LogP contribution in [0.3, 0.4) is 0 Å². The summed E-state index contributed by atoms with van der Waals surface area (Å²) in [6, 6.07) is 0.859. The molecule has 1 atom stereocenters. The number of aliphatic imine (C=N–C) groups is 1. The number of carbonyl (C=O) groups excluding carboxylic acids is 2. The fourth-order valence-corrected chi connectivity index (χ4v) is 3.48. The molecule has 3 aliphatic rings. The molecule has 27 heavy (non-hydrogen) atoms. The lowest BCUT2D eigenvalue weighted by atomic mass is 10.2. The molecule has 3 rings (SSSR count). The number of hydrogen-bond acceptors (Lipinski definition) is 3. The van der Waals surface area contributed by atoms with Crippen LogP contribution >= 0.6 is 24.0 Å². The van der Waals surface area contributed by atoms with E-state index in [0.717, 1.165) is 51.2 Å². The molecule has 9 heteroatoms. The van der Waals surface area contributed by atoms with Gasteiger partial charge in [0.2, 0.25) is 5.91 Å². The van der Waals surface area contributed by atoms with Crippen LogP contribution < -0.4 is 16.0 Å². The molecular weight excluding hydrogens is 459 g/mol. The van der Waals surface area contributed by atoms with Gasteiger partial charge in [-0.25, -0.2) is 9.79 Å². The van der Waals surface area contributed by atoms with Crippen molar-refractivity contribution in [3.63, 3.8) is 0 Å². The number of halogens is 1. The molecule has 3 fully saturated rings. The largest absolute Gasteiger partial charge is 0.353 e. The van der Waals surface area contributed by atoms with Gasteiger partial charge >= 0.3 is 6.03 Å². The minimum Gasteiger partial charge on any atom is -0.353 e. The van der Waals surface area contributed by atoms with E-state index < -0.39 is 0 Å². The van der Waals surface area contributed by atoms with Crippen molar-refractivity contribution in [3.8, 4) is 0 Å². The van der Waals surface area contributed by atoms with E-state index in [4.69, 9.17) is 0 Å².